The van der Waals surface area contributed by atoms with Crippen molar-refractivity contribution >= 4 is 53.0 Å². The summed E-state index contributed by atoms with van der Waals surface area (Å²) in [6.45, 7) is -0.995. The van der Waals surface area contributed by atoms with Gasteiger partial charge in [-0.05, 0) is 36.1 Å². The van der Waals surface area contributed by atoms with Gasteiger partial charge in [0, 0.05) is 37.2 Å². The molecule has 2 aromatic carbocycles. The van der Waals surface area contributed by atoms with Crippen LogP contribution in [0.15, 0.2) is 66.7 Å². The molecule has 1 atom stereocenters. The number of aliphatic hydroxyl groups excluding tert-OH is 1. The normalized spacial score (nSPS) is 12.6. The number of hydrogen-bond acceptors (Lipinski definition) is 9. The fraction of sp³-hybridized carbons (Fsp3) is 0.353. The Morgan fingerprint density at radius 1 is 0.698 bits per heavy atom. The smallest absolute Gasteiger partial charge is 0.475 e. The van der Waals surface area contributed by atoms with Crippen LogP contribution >= 0.6 is 0 Å². The molecular formula is C34H39F3N6O10. The Hall–Kier alpha value is -6.11. The maximum absolute atomic E-state index is 13.0. The van der Waals surface area contributed by atoms with E-state index in [1.807, 2.05) is 6.07 Å². The van der Waals surface area contributed by atoms with Crippen LogP contribution in [-0.2, 0) is 51.4 Å². The molecule has 286 valence electrons. The summed E-state index contributed by atoms with van der Waals surface area (Å²) < 4.78 is 31.7. The molecule has 53 heavy (non-hydrogen) atoms. The van der Waals surface area contributed by atoms with Crippen LogP contribution in [-0.4, -0.2) is 101 Å². The third kappa shape index (κ3) is 17.1. The number of benzene rings is 2. The number of hydrogen-bond donors (Lipinski definition) is 7. The minimum Gasteiger partial charge on any atom is -0.475 e. The molecule has 0 fully saturated rings. The molecule has 7 N–H and O–H groups in total. The molecule has 1 aliphatic heterocycles. The lowest BCUT2D eigenvalue weighted by Crippen LogP contribution is -2.52. The predicted molar refractivity (Wildman–Crippen MR) is 180 cm³/mol. The van der Waals surface area contributed by atoms with Crippen molar-refractivity contribution in [3.05, 3.63) is 77.9 Å². The van der Waals surface area contributed by atoms with Crippen LogP contribution in [0, 0.1) is 0 Å². The van der Waals surface area contributed by atoms with E-state index in [2.05, 4.69) is 26.6 Å². The number of aliphatic carboxylic acids is 1. The van der Waals surface area contributed by atoms with Gasteiger partial charge < -0.3 is 36.8 Å². The summed E-state index contributed by atoms with van der Waals surface area (Å²) in [6, 6.07) is 14.5. The summed E-state index contributed by atoms with van der Waals surface area (Å²) >= 11 is 0. The number of carboxylic acid groups (broad SMARTS) is 1. The Morgan fingerprint density at radius 3 is 1.85 bits per heavy atom. The van der Waals surface area contributed by atoms with E-state index >= 15 is 0 Å². The fourth-order valence-electron chi connectivity index (χ4n) is 4.39. The summed E-state index contributed by atoms with van der Waals surface area (Å²) in [6.07, 6.45) is -0.693. The molecule has 0 radical (unpaired) electrons. The van der Waals surface area contributed by atoms with Crippen molar-refractivity contribution < 1.29 is 61.7 Å². The average molecular weight is 749 g/mol. The Balaban J connectivity index is 0.00000126. The molecule has 16 nitrogen and oxygen atoms in total. The summed E-state index contributed by atoms with van der Waals surface area (Å²) in [5, 5.41) is 28.9. The third-order valence-electron chi connectivity index (χ3n) is 7.10. The minimum atomic E-state index is -5.08. The molecule has 0 aromatic heterocycles. The lowest BCUT2D eigenvalue weighted by molar-refractivity contribution is -0.192. The van der Waals surface area contributed by atoms with Gasteiger partial charge in [-0.3, -0.25) is 38.5 Å². The van der Waals surface area contributed by atoms with E-state index < -0.39 is 48.4 Å². The molecule has 0 unspecified atom stereocenters. The molecule has 3 rings (SSSR count). The van der Waals surface area contributed by atoms with Crippen LogP contribution in [0.3, 0.4) is 0 Å². The molecule has 0 spiro atoms. The highest BCUT2D eigenvalue weighted by molar-refractivity contribution is 6.12. The average Bonchev–Trinajstić information content (AvgIpc) is 3.44. The van der Waals surface area contributed by atoms with E-state index in [0.717, 1.165) is 10.5 Å². The summed E-state index contributed by atoms with van der Waals surface area (Å²) in [4.78, 5) is 95.3. The van der Waals surface area contributed by atoms with E-state index in [-0.39, 0.29) is 56.8 Å². The van der Waals surface area contributed by atoms with Crippen LogP contribution in [0.1, 0.15) is 36.8 Å². The van der Waals surface area contributed by atoms with Gasteiger partial charge in [-0.2, -0.15) is 13.2 Å². The maximum Gasteiger partial charge on any atom is 0.490 e. The van der Waals surface area contributed by atoms with Gasteiger partial charge in [0.15, 0.2) is 0 Å². The van der Waals surface area contributed by atoms with Gasteiger partial charge >= 0.3 is 12.1 Å². The van der Waals surface area contributed by atoms with Crippen molar-refractivity contribution in [2.45, 2.75) is 50.9 Å². The third-order valence-corrected chi connectivity index (χ3v) is 7.10. The predicted octanol–water partition coefficient (Wildman–Crippen LogP) is 0.312. The van der Waals surface area contributed by atoms with Crippen LogP contribution in [0.25, 0.3) is 0 Å². The van der Waals surface area contributed by atoms with Crippen LogP contribution in [0.5, 0.6) is 0 Å². The Morgan fingerprint density at radius 2 is 1.26 bits per heavy atom. The van der Waals surface area contributed by atoms with Crippen molar-refractivity contribution in [1.29, 1.82) is 0 Å². The zero-order chi connectivity index (χ0) is 39.4. The number of carbonyl (C=O) groups is 8. The SMILES string of the molecule is O=C(CCCCCN1C(=O)C=CC1=O)NCC(=O)NCC(=O)N[C@@H](Cc1ccccc1)C(=O)NCC(=O)Nc1ccc(CO)cc1.O=C(O)C(F)(F)F. The first-order chi connectivity index (χ1) is 25.1. The lowest BCUT2D eigenvalue weighted by atomic mass is 10.1. The molecule has 0 aliphatic carbocycles. The van der Waals surface area contributed by atoms with Crippen LogP contribution < -0.4 is 26.6 Å². The highest BCUT2D eigenvalue weighted by atomic mass is 19.4. The van der Waals surface area contributed by atoms with Crippen LogP contribution in [0.4, 0.5) is 18.9 Å². The summed E-state index contributed by atoms with van der Waals surface area (Å²) in [7, 11) is 0. The molecular weight excluding hydrogens is 709 g/mol. The quantitative estimate of drug-likeness (QED) is 0.0814. The van der Waals surface area contributed by atoms with Crippen molar-refractivity contribution in [3.63, 3.8) is 0 Å². The van der Waals surface area contributed by atoms with Gasteiger partial charge in [-0.1, -0.05) is 48.9 Å². The first-order valence-corrected chi connectivity index (χ1v) is 16.1. The lowest BCUT2D eigenvalue weighted by Gasteiger charge is -2.19. The van der Waals surface area contributed by atoms with Gasteiger partial charge in [0.25, 0.3) is 11.8 Å². The molecule has 0 bridgehead atoms. The second kappa shape index (κ2) is 22.0. The summed E-state index contributed by atoms with van der Waals surface area (Å²) in [5.41, 5.74) is 1.93. The van der Waals surface area contributed by atoms with Gasteiger partial charge in [0.05, 0.1) is 26.2 Å². The summed E-state index contributed by atoms with van der Waals surface area (Å²) in [5.74, 6) is -6.15. The number of imide groups is 1. The Kier molecular flexibility index (Phi) is 17.8. The zero-order valence-corrected chi connectivity index (χ0v) is 28.2. The number of nitrogens with one attached hydrogen (secondary N) is 5. The molecule has 0 saturated heterocycles. The number of carboxylic acids is 1. The number of aliphatic hydroxyl groups is 1. The highest BCUT2D eigenvalue weighted by Crippen LogP contribution is 2.13. The van der Waals surface area contributed by atoms with Gasteiger partial charge in [0.2, 0.25) is 29.5 Å². The first kappa shape index (κ1) is 43.1. The number of rotatable bonds is 18. The number of nitrogens with zero attached hydrogens (tertiary/aromatic N) is 1. The standard InChI is InChI=1S/C32H38N6O8.C2HF3O2/c39-21-23-10-12-24(13-11-23)36-28(42)20-35-32(46)25(17-22-7-3-1-4-8-22)37-29(43)19-34-27(41)18-33-26(40)9-5-2-6-16-38-30(44)14-15-31(38)45;3-2(4,5)1(6)7/h1,3-4,7-8,10-15,25,39H,2,5-6,9,16-21H2,(H,33,40)(H,34,41)(H,35,46)(H,36,42)(H,37,43);(H,6,7)/t25-;/m0./s1. The number of carbonyl (C=O) groups excluding carboxylic acids is 7. The van der Waals surface area contributed by atoms with Crippen molar-refractivity contribution in [2.24, 2.45) is 0 Å². The molecule has 1 heterocycles. The van der Waals surface area contributed by atoms with Gasteiger partial charge in [0.1, 0.15) is 6.04 Å². The number of unbranched alkanes of at least 4 members (excludes halogenated alkanes) is 2. The van der Waals surface area contributed by atoms with Crippen LogP contribution in [0.2, 0.25) is 0 Å². The van der Waals surface area contributed by atoms with Crippen molar-refractivity contribution in [2.75, 3.05) is 31.5 Å². The molecule has 7 amide bonds. The van der Waals surface area contributed by atoms with Crippen molar-refractivity contribution in [3.8, 4) is 0 Å². The van der Waals surface area contributed by atoms with E-state index in [4.69, 9.17) is 15.0 Å². The first-order valence-electron chi connectivity index (χ1n) is 16.1. The topological polar surface area (TPSA) is 240 Å². The van der Waals surface area contributed by atoms with Crippen molar-refractivity contribution in [1.82, 2.24) is 26.2 Å². The largest absolute Gasteiger partial charge is 0.490 e. The van der Waals surface area contributed by atoms with E-state index in [1.165, 1.54) is 12.2 Å². The van der Waals surface area contributed by atoms with E-state index in [1.54, 1.807) is 48.5 Å². The number of halogens is 3. The van der Waals surface area contributed by atoms with E-state index in [9.17, 15) is 46.7 Å². The van der Waals surface area contributed by atoms with E-state index in [0.29, 0.717) is 30.5 Å². The monoisotopic (exact) mass is 748 g/mol. The molecule has 2 aromatic rings. The van der Waals surface area contributed by atoms with Gasteiger partial charge in [-0.25, -0.2) is 4.79 Å². The molecule has 19 heteroatoms. The number of alkyl halides is 3. The Labute approximate surface area is 301 Å². The maximum atomic E-state index is 13.0. The second-order valence-corrected chi connectivity index (χ2v) is 11.3. The van der Waals surface area contributed by atoms with Gasteiger partial charge in [-0.15, -0.1) is 0 Å². The second-order valence-electron chi connectivity index (χ2n) is 11.3. The molecule has 1 aliphatic rings. The minimum absolute atomic E-state index is 0.130. The number of amides is 7. The molecule has 0 saturated carbocycles. The number of anilines is 1. The fourth-order valence-corrected chi connectivity index (χ4v) is 4.39. The zero-order valence-electron chi connectivity index (χ0n) is 28.2. The Bertz CT molecular complexity index is 1620. The highest BCUT2D eigenvalue weighted by Gasteiger charge is 2.38.